The maximum atomic E-state index is 10.7. The van der Waals surface area contributed by atoms with E-state index in [0.29, 0.717) is 6.42 Å². The van der Waals surface area contributed by atoms with Crippen LogP contribution < -0.4 is 0 Å². The van der Waals surface area contributed by atoms with E-state index in [1.807, 2.05) is 0 Å². The van der Waals surface area contributed by atoms with Gasteiger partial charge in [0.15, 0.2) is 5.78 Å². The fourth-order valence-corrected chi connectivity index (χ4v) is 1.06. The van der Waals surface area contributed by atoms with Crippen LogP contribution in [0.3, 0.4) is 0 Å². The quantitative estimate of drug-likeness (QED) is 0.374. The number of carbonyl (C=O) groups is 2. The van der Waals surface area contributed by atoms with Gasteiger partial charge in [-0.05, 0) is 25.5 Å². The largest absolute Gasteiger partial charge is 0.458 e. The van der Waals surface area contributed by atoms with Crippen LogP contribution in [0.4, 0.5) is 0 Å². The molecule has 0 bridgehead atoms. The lowest BCUT2D eigenvalue weighted by Gasteiger charge is -1.99. The van der Waals surface area contributed by atoms with Crippen molar-refractivity contribution in [3.05, 3.63) is 24.3 Å². The highest BCUT2D eigenvalue weighted by molar-refractivity contribution is 5.87. The van der Waals surface area contributed by atoms with E-state index in [0.717, 1.165) is 6.42 Å². The molecule has 1 unspecified atom stereocenters. The summed E-state index contributed by atoms with van der Waals surface area (Å²) in [5.74, 6) is -0.140. The van der Waals surface area contributed by atoms with Crippen LogP contribution in [-0.2, 0) is 14.3 Å². The van der Waals surface area contributed by atoms with Crippen LogP contribution in [0.2, 0.25) is 0 Å². The van der Waals surface area contributed by atoms with Gasteiger partial charge < -0.3 is 4.74 Å². The Bertz CT molecular complexity index is 263. The van der Waals surface area contributed by atoms with Gasteiger partial charge >= 0.3 is 5.97 Å². The first kappa shape index (κ1) is 9.71. The standard InChI is InChI=1S/C10H12O3/c1-8(11)4-2-3-5-9-6-7-10(12)13-9/h2-5,9H,6-7H2,1H3/b4-2+,5-3+. The van der Waals surface area contributed by atoms with Crippen molar-refractivity contribution < 1.29 is 14.3 Å². The van der Waals surface area contributed by atoms with Crippen LogP contribution in [0.1, 0.15) is 19.8 Å². The molecule has 70 valence electrons. The Morgan fingerprint density at radius 2 is 2.31 bits per heavy atom. The molecule has 1 heterocycles. The number of ketones is 1. The summed E-state index contributed by atoms with van der Waals surface area (Å²) in [6, 6.07) is 0. The summed E-state index contributed by atoms with van der Waals surface area (Å²) >= 11 is 0. The first-order chi connectivity index (χ1) is 6.18. The minimum absolute atomic E-state index is 0.00747. The average Bonchev–Trinajstić information content (AvgIpc) is 2.45. The zero-order chi connectivity index (χ0) is 9.68. The summed E-state index contributed by atoms with van der Waals surface area (Å²) in [6.07, 6.45) is 7.75. The van der Waals surface area contributed by atoms with Gasteiger partial charge in [0.1, 0.15) is 6.10 Å². The molecule has 1 rings (SSSR count). The highest BCUT2D eigenvalue weighted by Gasteiger charge is 2.19. The van der Waals surface area contributed by atoms with Crippen molar-refractivity contribution in [1.29, 1.82) is 0 Å². The highest BCUT2D eigenvalue weighted by atomic mass is 16.5. The molecule has 0 aromatic carbocycles. The number of esters is 1. The van der Waals surface area contributed by atoms with Crippen LogP contribution in [0, 0.1) is 0 Å². The molecule has 0 aliphatic carbocycles. The van der Waals surface area contributed by atoms with Gasteiger partial charge in [0.2, 0.25) is 0 Å². The first-order valence-corrected chi connectivity index (χ1v) is 4.23. The van der Waals surface area contributed by atoms with Crippen LogP contribution in [0.15, 0.2) is 24.3 Å². The van der Waals surface area contributed by atoms with E-state index in [1.165, 1.54) is 13.0 Å². The number of allylic oxidation sites excluding steroid dienone is 3. The summed E-state index contributed by atoms with van der Waals surface area (Å²) < 4.78 is 4.92. The normalized spacial score (nSPS) is 22.8. The molecule has 1 aliphatic rings. The van der Waals surface area contributed by atoms with Gasteiger partial charge in [-0.25, -0.2) is 0 Å². The van der Waals surface area contributed by atoms with Crippen molar-refractivity contribution >= 4 is 11.8 Å². The number of hydrogen-bond donors (Lipinski definition) is 0. The predicted molar refractivity (Wildman–Crippen MR) is 48.1 cm³/mol. The molecule has 1 saturated heterocycles. The van der Waals surface area contributed by atoms with Crippen molar-refractivity contribution in [2.24, 2.45) is 0 Å². The molecule has 1 aliphatic heterocycles. The Hall–Kier alpha value is -1.38. The Balaban J connectivity index is 2.32. The van der Waals surface area contributed by atoms with Gasteiger partial charge in [-0.1, -0.05) is 12.2 Å². The maximum absolute atomic E-state index is 10.7. The van der Waals surface area contributed by atoms with E-state index in [2.05, 4.69) is 0 Å². The second kappa shape index (κ2) is 4.60. The van der Waals surface area contributed by atoms with Crippen molar-refractivity contribution in [3.63, 3.8) is 0 Å². The highest BCUT2D eigenvalue weighted by Crippen LogP contribution is 2.14. The molecular formula is C10H12O3. The number of cyclic esters (lactones) is 1. The number of hydrogen-bond acceptors (Lipinski definition) is 3. The fourth-order valence-electron chi connectivity index (χ4n) is 1.06. The molecular weight excluding hydrogens is 168 g/mol. The average molecular weight is 180 g/mol. The molecule has 3 nitrogen and oxygen atoms in total. The third kappa shape index (κ3) is 3.69. The van der Waals surface area contributed by atoms with Crippen molar-refractivity contribution in [1.82, 2.24) is 0 Å². The van der Waals surface area contributed by atoms with Gasteiger partial charge in [0.05, 0.1) is 0 Å². The van der Waals surface area contributed by atoms with Gasteiger partial charge in [-0.2, -0.15) is 0 Å². The Labute approximate surface area is 77.1 Å². The first-order valence-electron chi connectivity index (χ1n) is 4.23. The maximum Gasteiger partial charge on any atom is 0.306 e. The molecule has 0 amide bonds. The van der Waals surface area contributed by atoms with Crippen LogP contribution in [0.25, 0.3) is 0 Å². The molecule has 0 aromatic rings. The molecule has 1 fully saturated rings. The molecule has 0 spiro atoms. The van der Waals surface area contributed by atoms with E-state index in [4.69, 9.17) is 4.74 Å². The lowest BCUT2D eigenvalue weighted by molar-refractivity contribution is -0.140. The number of rotatable bonds is 3. The van der Waals surface area contributed by atoms with Crippen LogP contribution in [-0.4, -0.2) is 17.9 Å². The third-order valence-electron chi connectivity index (χ3n) is 1.68. The smallest absolute Gasteiger partial charge is 0.306 e. The topological polar surface area (TPSA) is 43.4 Å². The van der Waals surface area contributed by atoms with Crippen molar-refractivity contribution in [2.75, 3.05) is 0 Å². The summed E-state index contributed by atoms with van der Waals surface area (Å²) in [7, 11) is 0. The zero-order valence-corrected chi connectivity index (χ0v) is 7.53. The molecule has 0 N–H and O–H groups in total. The van der Waals surface area contributed by atoms with Crippen LogP contribution >= 0.6 is 0 Å². The van der Waals surface area contributed by atoms with E-state index in [9.17, 15) is 9.59 Å². The van der Waals surface area contributed by atoms with E-state index in [-0.39, 0.29) is 17.9 Å². The summed E-state index contributed by atoms with van der Waals surface area (Å²) in [5.41, 5.74) is 0. The Morgan fingerprint density at radius 1 is 1.54 bits per heavy atom. The minimum Gasteiger partial charge on any atom is -0.458 e. The summed E-state index contributed by atoms with van der Waals surface area (Å²) in [6.45, 7) is 1.49. The lowest BCUT2D eigenvalue weighted by atomic mass is 10.2. The van der Waals surface area contributed by atoms with E-state index in [1.54, 1.807) is 18.2 Å². The monoisotopic (exact) mass is 180 g/mol. The molecule has 13 heavy (non-hydrogen) atoms. The lowest BCUT2D eigenvalue weighted by Crippen LogP contribution is -2.01. The third-order valence-corrected chi connectivity index (χ3v) is 1.68. The van der Waals surface area contributed by atoms with Gasteiger partial charge in [-0.3, -0.25) is 9.59 Å². The molecule has 3 heteroatoms. The van der Waals surface area contributed by atoms with Crippen molar-refractivity contribution in [2.45, 2.75) is 25.9 Å². The number of ether oxygens (including phenoxy) is 1. The van der Waals surface area contributed by atoms with E-state index < -0.39 is 0 Å². The Kier molecular flexibility index (Phi) is 3.43. The molecule has 0 radical (unpaired) electrons. The van der Waals surface area contributed by atoms with Crippen molar-refractivity contribution in [3.8, 4) is 0 Å². The summed E-state index contributed by atoms with van der Waals surface area (Å²) in [5, 5.41) is 0. The second-order valence-corrected chi connectivity index (χ2v) is 2.92. The Morgan fingerprint density at radius 3 is 2.85 bits per heavy atom. The zero-order valence-electron chi connectivity index (χ0n) is 7.53. The molecule has 1 atom stereocenters. The molecule has 0 aromatic heterocycles. The molecule has 0 saturated carbocycles. The van der Waals surface area contributed by atoms with E-state index >= 15 is 0 Å². The second-order valence-electron chi connectivity index (χ2n) is 2.92. The summed E-state index contributed by atoms with van der Waals surface area (Å²) in [4.78, 5) is 21.2. The predicted octanol–water partition coefficient (Wildman–Crippen LogP) is 1.39. The van der Waals surface area contributed by atoms with Gasteiger partial charge in [0.25, 0.3) is 0 Å². The van der Waals surface area contributed by atoms with Gasteiger partial charge in [-0.15, -0.1) is 0 Å². The minimum atomic E-state index is -0.148. The van der Waals surface area contributed by atoms with Gasteiger partial charge in [0, 0.05) is 6.42 Å². The number of carbonyl (C=O) groups excluding carboxylic acids is 2. The SMILES string of the molecule is CC(=O)/C=C/C=C/C1CCC(=O)O1. The fraction of sp³-hybridized carbons (Fsp3) is 0.400. The van der Waals surface area contributed by atoms with Crippen LogP contribution in [0.5, 0.6) is 0 Å².